The van der Waals surface area contributed by atoms with Gasteiger partial charge in [0.05, 0.1) is 37.3 Å². The van der Waals surface area contributed by atoms with Crippen molar-refractivity contribution in [3.63, 3.8) is 0 Å². The Kier molecular flexibility index (Phi) is 6.04. The number of carbonyl (C=O) groups is 1. The lowest BCUT2D eigenvalue weighted by Gasteiger charge is -2.32. The Morgan fingerprint density at radius 1 is 1.22 bits per heavy atom. The van der Waals surface area contributed by atoms with Crippen LogP contribution in [0.15, 0.2) is 36.8 Å². The van der Waals surface area contributed by atoms with Crippen molar-refractivity contribution < 1.29 is 14.6 Å². The Bertz CT molecular complexity index is 1410. The quantitative estimate of drug-likeness (QED) is 0.355. The van der Waals surface area contributed by atoms with Crippen LogP contribution in [0.1, 0.15) is 23.2 Å². The molecule has 0 spiro atoms. The van der Waals surface area contributed by atoms with Crippen molar-refractivity contribution in [1.82, 2.24) is 34.4 Å². The fourth-order valence-electron chi connectivity index (χ4n) is 4.91. The molecule has 1 saturated carbocycles. The second-order valence-electron chi connectivity index (χ2n) is 9.36. The normalized spacial score (nSPS) is 20.5. The largest absolute Gasteiger partial charge is 0.391 e. The zero-order valence-corrected chi connectivity index (χ0v) is 20.2. The highest BCUT2D eigenvalue weighted by Crippen LogP contribution is 2.31. The average molecular weight is 491 g/mol. The molecule has 3 N–H and O–H groups in total. The Morgan fingerprint density at radius 2 is 2.08 bits per heavy atom. The highest BCUT2D eigenvalue weighted by molar-refractivity contribution is 6.01. The summed E-state index contributed by atoms with van der Waals surface area (Å²) in [7, 11) is 1.82. The van der Waals surface area contributed by atoms with Gasteiger partial charge in [0.2, 0.25) is 0 Å². The number of carbonyl (C=O) groups excluding carboxylic acids is 1. The van der Waals surface area contributed by atoms with Crippen LogP contribution >= 0.6 is 0 Å². The summed E-state index contributed by atoms with van der Waals surface area (Å²) in [5.74, 6) is 0.436. The van der Waals surface area contributed by atoms with Gasteiger partial charge in [0, 0.05) is 62.6 Å². The van der Waals surface area contributed by atoms with Gasteiger partial charge in [-0.3, -0.25) is 9.69 Å². The van der Waals surface area contributed by atoms with Gasteiger partial charge in [0.1, 0.15) is 17.0 Å². The van der Waals surface area contributed by atoms with E-state index in [1.165, 1.54) is 6.20 Å². The minimum atomic E-state index is -0.497. The minimum Gasteiger partial charge on any atom is -0.391 e. The van der Waals surface area contributed by atoms with Crippen LogP contribution in [0, 0.1) is 0 Å². The smallest absolute Gasteiger partial charge is 0.257 e. The summed E-state index contributed by atoms with van der Waals surface area (Å²) in [4.78, 5) is 25.0. The molecular formula is C25H30N8O3. The molecule has 188 valence electrons. The predicted molar refractivity (Wildman–Crippen MR) is 135 cm³/mol. The summed E-state index contributed by atoms with van der Waals surface area (Å²) < 4.78 is 9.28. The number of nitrogens with one attached hydrogen (secondary N) is 2. The number of aromatic nitrogens is 5. The molecule has 2 aliphatic rings. The molecule has 36 heavy (non-hydrogen) atoms. The molecule has 1 aliphatic heterocycles. The van der Waals surface area contributed by atoms with Crippen LogP contribution in [0.2, 0.25) is 0 Å². The second kappa shape index (κ2) is 9.49. The minimum absolute atomic E-state index is 0.227. The Morgan fingerprint density at radius 3 is 2.83 bits per heavy atom. The molecule has 2 fully saturated rings. The summed E-state index contributed by atoms with van der Waals surface area (Å²) in [6, 6.07) is 5.69. The van der Waals surface area contributed by atoms with Gasteiger partial charge in [-0.15, -0.1) is 0 Å². The molecule has 0 bridgehead atoms. The van der Waals surface area contributed by atoms with E-state index in [0.717, 1.165) is 73.9 Å². The van der Waals surface area contributed by atoms with Gasteiger partial charge in [0.15, 0.2) is 5.65 Å². The number of pyridine rings is 1. The summed E-state index contributed by atoms with van der Waals surface area (Å²) in [6.07, 6.45) is 6.40. The van der Waals surface area contributed by atoms with E-state index in [0.29, 0.717) is 17.6 Å². The molecular weight excluding hydrogens is 460 g/mol. The summed E-state index contributed by atoms with van der Waals surface area (Å²) >= 11 is 0. The molecule has 1 amide bonds. The highest BCUT2D eigenvalue weighted by Gasteiger charge is 2.31. The van der Waals surface area contributed by atoms with Crippen molar-refractivity contribution in [2.75, 3.05) is 45.2 Å². The van der Waals surface area contributed by atoms with E-state index < -0.39 is 6.10 Å². The van der Waals surface area contributed by atoms with Crippen molar-refractivity contribution in [2.45, 2.75) is 31.5 Å². The molecule has 2 atom stereocenters. The number of hydrogen-bond acceptors (Lipinski definition) is 8. The van der Waals surface area contributed by atoms with Gasteiger partial charge < -0.3 is 25.0 Å². The van der Waals surface area contributed by atoms with Crippen LogP contribution in [0.3, 0.4) is 0 Å². The molecule has 1 aliphatic carbocycles. The molecule has 6 rings (SSSR count). The standard InChI is InChI=1S/C25H30N8O3/c1-26-22-13-20(29-24-17(14-28-33(22)24)25(35)30-19-4-5-21(19)34)18-15-32(23-16(18)3-2-6-27-23)8-7-31-9-11-36-12-10-31/h2-3,6,13-15,19,21,26,34H,4-5,7-12H2,1H3,(H,30,35). The van der Waals surface area contributed by atoms with Gasteiger partial charge in [-0.05, 0) is 25.0 Å². The molecule has 2 unspecified atom stereocenters. The predicted octanol–water partition coefficient (Wildman–Crippen LogP) is 1.37. The van der Waals surface area contributed by atoms with Crippen LogP contribution in [-0.4, -0.2) is 92.1 Å². The number of fused-ring (bicyclic) bond motifs is 2. The zero-order chi connectivity index (χ0) is 24.6. The lowest BCUT2D eigenvalue weighted by atomic mass is 9.89. The third-order valence-corrected chi connectivity index (χ3v) is 7.20. The Labute approximate surface area is 208 Å². The Hall–Kier alpha value is -3.54. The van der Waals surface area contributed by atoms with Crippen LogP contribution in [0.25, 0.3) is 27.9 Å². The first-order valence-corrected chi connectivity index (χ1v) is 12.4. The number of aliphatic hydroxyl groups excluding tert-OH is 1. The third-order valence-electron chi connectivity index (χ3n) is 7.20. The molecule has 11 heteroatoms. The summed E-state index contributed by atoms with van der Waals surface area (Å²) in [5.41, 5.74) is 3.41. The Balaban J connectivity index is 1.37. The van der Waals surface area contributed by atoms with Crippen LogP contribution in [0.4, 0.5) is 5.82 Å². The molecule has 4 aromatic rings. The number of rotatable bonds is 7. The monoisotopic (exact) mass is 490 g/mol. The maximum Gasteiger partial charge on any atom is 0.257 e. The number of amides is 1. The first-order chi connectivity index (χ1) is 17.6. The third kappa shape index (κ3) is 4.08. The first kappa shape index (κ1) is 22.9. The van der Waals surface area contributed by atoms with E-state index in [9.17, 15) is 9.90 Å². The zero-order valence-electron chi connectivity index (χ0n) is 20.2. The lowest BCUT2D eigenvalue weighted by Crippen LogP contribution is -2.50. The molecule has 4 aromatic heterocycles. The van der Waals surface area contributed by atoms with E-state index in [2.05, 4.69) is 42.4 Å². The molecule has 0 radical (unpaired) electrons. The van der Waals surface area contributed by atoms with Crippen LogP contribution in [-0.2, 0) is 11.3 Å². The summed E-state index contributed by atoms with van der Waals surface area (Å²) in [5, 5.41) is 21.4. The van der Waals surface area contributed by atoms with Gasteiger partial charge in [-0.25, -0.2) is 9.97 Å². The van der Waals surface area contributed by atoms with Crippen LogP contribution < -0.4 is 10.6 Å². The van der Waals surface area contributed by atoms with Gasteiger partial charge in [-0.2, -0.15) is 9.61 Å². The summed E-state index contributed by atoms with van der Waals surface area (Å²) in [6.45, 7) is 5.14. The first-order valence-electron chi connectivity index (χ1n) is 12.4. The van der Waals surface area contributed by atoms with Gasteiger partial charge in [0.25, 0.3) is 5.91 Å². The molecule has 11 nitrogen and oxygen atoms in total. The number of hydrogen-bond donors (Lipinski definition) is 3. The fraction of sp³-hybridized carbons (Fsp3) is 0.440. The highest BCUT2D eigenvalue weighted by atomic mass is 16.5. The van der Waals surface area contributed by atoms with Crippen LogP contribution in [0.5, 0.6) is 0 Å². The van der Waals surface area contributed by atoms with Crippen molar-refractivity contribution >= 4 is 28.4 Å². The maximum absolute atomic E-state index is 13.0. The lowest BCUT2D eigenvalue weighted by molar-refractivity contribution is 0.0365. The maximum atomic E-state index is 13.0. The fourth-order valence-corrected chi connectivity index (χ4v) is 4.91. The number of ether oxygens (including phenoxy) is 1. The van der Waals surface area contributed by atoms with E-state index in [1.807, 2.05) is 19.2 Å². The van der Waals surface area contributed by atoms with Crippen molar-refractivity contribution in [3.8, 4) is 11.3 Å². The molecule has 1 saturated heterocycles. The van der Waals surface area contributed by atoms with E-state index >= 15 is 0 Å². The van der Waals surface area contributed by atoms with Crippen molar-refractivity contribution in [1.29, 1.82) is 0 Å². The topological polar surface area (TPSA) is 122 Å². The number of aliphatic hydroxyl groups is 1. The number of anilines is 1. The van der Waals surface area contributed by atoms with E-state index in [-0.39, 0.29) is 11.9 Å². The number of morpholine rings is 1. The van der Waals surface area contributed by atoms with E-state index in [4.69, 9.17) is 9.72 Å². The average Bonchev–Trinajstić information content (AvgIpc) is 3.51. The van der Waals surface area contributed by atoms with Gasteiger partial charge in [-0.1, -0.05) is 0 Å². The number of nitrogens with zero attached hydrogens (tertiary/aromatic N) is 6. The van der Waals surface area contributed by atoms with Crippen molar-refractivity contribution in [2.24, 2.45) is 0 Å². The molecule has 0 aromatic carbocycles. The van der Waals surface area contributed by atoms with E-state index in [1.54, 1.807) is 10.7 Å². The van der Waals surface area contributed by atoms with Gasteiger partial charge >= 0.3 is 0 Å². The SMILES string of the molecule is CNc1cc(-c2cn(CCN3CCOCC3)c3ncccc23)nc2c(C(=O)NC3CCC3O)cnn12. The second-order valence-corrected chi connectivity index (χ2v) is 9.36. The van der Waals surface area contributed by atoms with Crippen molar-refractivity contribution in [3.05, 3.63) is 42.4 Å². The molecule has 5 heterocycles.